The van der Waals surface area contributed by atoms with Crippen molar-refractivity contribution in [2.45, 2.75) is 31.7 Å². The van der Waals surface area contributed by atoms with Crippen molar-refractivity contribution in [1.82, 2.24) is 4.90 Å². The molecule has 0 unspecified atom stereocenters. The summed E-state index contributed by atoms with van der Waals surface area (Å²) in [4.78, 5) is 13.3. The molecule has 0 aromatic carbocycles. The molecule has 0 radical (unpaired) electrons. The lowest BCUT2D eigenvalue weighted by Gasteiger charge is -2.31. The van der Waals surface area contributed by atoms with Crippen LogP contribution in [0.25, 0.3) is 0 Å². The minimum Gasteiger partial charge on any atom is -0.381 e. The molecule has 1 aliphatic heterocycles. The fourth-order valence-electron chi connectivity index (χ4n) is 1.62. The van der Waals surface area contributed by atoms with Gasteiger partial charge in [-0.15, -0.1) is 0 Å². The van der Waals surface area contributed by atoms with Crippen molar-refractivity contribution >= 4 is 5.91 Å². The van der Waals surface area contributed by atoms with Crippen molar-refractivity contribution in [3.8, 4) is 6.07 Å². The van der Waals surface area contributed by atoms with Crippen LogP contribution in [-0.2, 0) is 9.53 Å². The molecular formula is C10H16N2O2. The third kappa shape index (κ3) is 3.00. The number of nitriles is 1. The van der Waals surface area contributed by atoms with Gasteiger partial charge in [-0.3, -0.25) is 4.79 Å². The SMILES string of the molecule is CN(C(=O)CCC#N)C1CCOCC1. The third-order valence-electron chi connectivity index (χ3n) is 2.58. The van der Waals surface area contributed by atoms with Crippen LogP contribution in [0.1, 0.15) is 25.7 Å². The zero-order valence-corrected chi connectivity index (χ0v) is 8.53. The van der Waals surface area contributed by atoms with E-state index in [1.807, 2.05) is 13.1 Å². The molecule has 0 spiro atoms. The van der Waals surface area contributed by atoms with E-state index in [0.29, 0.717) is 18.9 Å². The van der Waals surface area contributed by atoms with Crippen molar-refractivity contribution < 1.29 is 9.53 Å². The summed E-state index contributed by atoms with van der Waals surface area (Å²) in [5.41, 5.74) is 0. The number of amides is 1. The third-order valence-corrected chi connectivity index (χ3v) is 2.58. The molecule has 0 aliphatic carbocycles. The quantitative estimate of drug-likeness (QED) is 0.674. The molecular weight excluding hydrogens is 180 g/mol. The van der Waals surface area contributed by atoms with E-state index in [1.54, 1.807) is 4.90 Å². The van der Waals surface area contributed by atoms with Gasteiger partial charge in [0.15, 0.2) is 0 Å². The predicted octanol–water partition coefficient (Wildman–Crippen LogP) is 0.928. The van der Waals surface area contributed by atoms with Crippen LogP contribution in [0.5, 0.6) is 0 Å². The van der Waals surface area contributed by atoms with Gasteiger partial charge in [-0.05, 0) is 12.8 Å². The average Bonchev–Trinajstić information content (AvgIpc) is 2.26. The Hall–Kier alpha value is -1.08. The number of ether oxygens (including phenoxy) is 1. The van der Waals surface area contributed by atoms with Crippen molar-refractivity contribution in [1.29, 1.82) is 5.26 Å². The van der Waals surface area contributed by atoms with E-state index in [2.05, 4.69) is 0 Å². The van der Waals surface area contributed by atoms with Crippen LogP contribution in [0.2, 0.25) is 0 Å². The maximum absolute atomic E-state index is 11.5. The van der Waals surface area contributed by atoms with Gasteiger partial charge in [0.05, 0.1) is 6.07 Å². The summed E-state index contributed by atoms with van der Waals surface area (Å²) in [6.45, 7) is 1.47. The summed E-state index contributed by atoms with van der Waals surface area (Å²) in [5, 5.41) is 8.37. The number of rotatable bonds is 3. The first-order valence-corrected chi connectivity index (χ1v) is 4.96. The molecule has 1 heterocycles. The zero-order chi connectivity index (χ0) is 10.4. The molecule has 0 N–H and O–H groups in total. The Bertz CT molecular complexity index is 229. The molecule has 1 saturated heterocycles. The highest BCUT2D eigenvalue weighted by molar-refractivity contribution is 5.76. The number of nitrogens with zero attached hydrogens (tertiary/aromatic N) is 2. The van der Waals surface area contributed by atoms with Crippen molar-refractivity contribution in [3.63, 3.8) is 0 Å². The van der Waals surface area contributed by atoms with E-state index in [0.717, 1.165) is 26.1 Å². The Labute approximate surface area is 84.4 Å². The average molecular weight is 196 g/mol. The summed E-state index contributed by atoms with van der Waals surface area (Å²) in [7, 11) is 1.82. The Morgan fingerprint density at radius 1 is 1.57 bits per heavy atom. The molecule has 1 fully saturated rings. The molecule has 1 amide bonds. The second kappa shape index (κ2) is 5.61. The standard InChI is InChI=1S/C10H16N2O2/c1-12(10(13)3-2-6-11)9-4-7-14-8-5-9/h9H,2-5,7-8H2,1H3. The van der Waals surface area contributed by atoms with Gasteiger partial charge in [0, 0.05) is 39.1 Å². The van der Waals surface area contributed by atoms with Crippen LogP contribution in [0.3, 0.4) is 0 Å². The highest BCUT2D eigenvalue weighted by Crippen LogP contribution is 2.13. The number of hydrogen-bond acceptors (Lipinski definition) is 3. The van der Waals surface area contributed by atoms with E-state index < -0.39 is 0 Å². The van der Waals surface area contributed by atoms with Crippen LogP contribution in [0.4, 0.5) is 0 Å². The lowest BCUT2D eigenvalue weighted by atomic mass is 10.1. The van der Waals surface area contributed by atoms with Gasteiger partial charge in [-0.25, -0.2) is 0 Å². The number of hydrogen-bond donors (Lipinski definition) is 0. The van der Waals surface area contributed by atoms with Gasteiger partial charge >= 0.3 is 0 Å². The summed E-state index contributed by atoms with van der Waals surface area (Å²) >= 11 is 0. The van der Waals surface area contributed by atoms with Crippen LogP contribution in [0.15, 0.2) is 0 Å². The smallest absolute Gasteiger partial charge is 0.223 e. The maximum atomic E-state index is 11.5. The molecule has 4 heteroatoms. The second-order valence-corrected chi connectivity index (χ2v) is 3.51. The second-order valence-electron chi connectivity index (χ2n) is 3.51. The maximum Gasteiger partial charge on any atom is 0.223 e. The summed E-state index contributed by atoms with van der Waals surface area (Å²) < 4.78 is 5.22. The van der Waals surface area contributed by atoms with E-state index in [4.69, 9.17) is 10.00 Å². The lowest BCUT2D eigenvalue weighted by Crippen LogP contribution is -2.40. The van der Waals surface area contributed by atoms with E-state index in [9.17, 15) is 4.79 Å². The van der Waals surface area contributed by atoms with Crippen molar-refractivity contribution in [3.05, 3.63) is 0 Å². The fourth-order valence-corrected chi connectivity index (χ4v) is 1.62. The van der Waals surface area contributed by atoms with Crippen LogP contribution < -0.4 is 0 Å². The predicted molar refractivity (Wildman–Crippen MR) is 51.5 cm³/mol. The molecule has 4 nitrogen and oxygen atoms in total. The summed E-state index contributed by atoms with van der Waals surface area (Å²) in [6, 6.07) is 2.29. The Morgan fingerprint density at radius 3 is 2.79 bits per heavy atom. The molecule has 0 saturated carbocycles. The topological polar surface area (TPSA) is 53.3 Å². The summed E-state index contributed by atoms with van der Waals surface area (Å²) in [5.74, 6) is 0.0680. The van der Waals surface area contributed by atoms with E-state index >= 15 is 0 Å². The zero-order valence-electron chi connectivity index (χ0n) is 8.53. The molecule has 0 aromatic heterocycles. The Kier molecular flexibility index (Phi) is 4.41. The fraction of sp³-hybridized carbons (Fsp3) is 0.800. The van der Waals surface area contributed by atoms with Gasteiger partial charge in [0.25, 0.3) is 0 Å². The highest BCUT2D eigenvalue weighted by Gasteiger charge is 2.21. The number of carbonyl (C=O) groups excluding carboxylic acids is 1. The molecule has 1 aliphatic rings. The normalized spacial score (nSPS) is 17.4. The van der Waals surface area contributed by atoms with Gasteiger partial charge in [0.2, 0.25) is 5.91 Å². The van der Waals surface area contributed by atoms with Crippen LogP contribution in [0, 0.1) is 11.3 Å². The van der Waals surface area contributed by atoms with Gasteiger partial charge in [0.1, 0.15) is 0 Å². The Morgan fingerprint density at radius 2 is 2.21 bits per heavy atom. The monoisotopic (exact) mass is 196 g/mol. The van der Waals surface area contributed by atoms with Gasteiger partial charge < -0.3 is 9.64 Å². The summed E-state index contributed by atoms with van der Waals surface area (Å²) in [6.07, 6.45) is 2.47. The van der Waals surface area contributed by atoms with Crippen LogP contribution >= 0.6 is 0 Å². The largest absolute Gasteiger partial charge is 0.381 e. The molecule has 0 atom stereocenters. The van der Waals surface area contributed by atoms with Gasteiger partial charge in [-0.1, -0.05) is 0 Å². The first kappa shape index (κ1) is 11.0. The molecule has 14 heavy (non-hydrogen) atoms. The molecule has 0 aromatic rings. The molecule has 1 rings (SSSR count). The highest BCUT2D eigenvalue weighted by atomic mass is 16.5. The van der Waals surface area contributed by atoms with Crippen molar-refractivity contribution in [2.75, 3.05) is 20.3 Å². The minimum absolute atomic E-state index is 0.0680. The number of carbonyl (C=O) groups is 1. The van der Waals surface area contributed by atoms with Crippen molar-refractivity contribution in [2.24, 2.45) is 0 Å². The lowest BCUT2D eigenvalue weighted by molar-refractivity contribution is -0.133. The van der Waals surface area contributed by atoms with Crippen LogP contribution in [-0.4, -0.2) is 37.1 Å². The Balaban J connectivity index is 2.35. The molecule has 0 bridgehead atoms. The first-order valence-electron chi connectivity index (χ1n) is 4.96. The first-order chi connectivity index (χ1) is 6.75. The van der Waals surface area contributed by atoms with E-state index in [1.165, 1.54) is 0 Å². The van der Waals surface area contributed by atoms with E-state index in [-0.39, 0.29) is 5.91 Å². The minimum atomic E-state index is 0.0680. The molecule has 78 valence electrons. The van der Waals surface area contributed by atoms with Gasteiger partial charge in [-0.2, -0.15) is 5.26 Å².